The maximum absolute atomic E-state index is 12.5. The van der Waals surface area contributed by atoms with Crippen molar-refractivity contribution < 1.29 is 18.7 Å². The predicted molar refractivity (Wildman–Crippen MR) is 90.8 cm³/mol. The van der Waals surface area contributed by atoms with Crippen LogP contribution in [0.2, 0.25) is 0 Å². The van der Waals surface area contributed by atoms with Gasteiger partial charge in [-0.25, -0.2) is 0 Å². The number of anilines is 1. The third-order valence-electron chi connectivity index (χ3n) is 4.34. The van der Waals surface area contributed by atoms with Gasteiger partial charge in [0.15, 0.2) is 0 Å². The smallest absolute Gasteiger partial charge is 0.229 e. The van der Waals surface area contributed by atoms with Gasteiger partial charge in [0, 0.05) is 37.7 Å². The van der Waals surface area contributed by atoms with E-state index < -0.39 is 0 Å². The van der Waals surface area contributed by atoms with Gasteiger partial charge in [-0.1, -0.05) is 0 Å². The maximum atomic E-state index is 12.5. The fourth-order valence-electron chi connectivity index (χ4n) is 3.04. The van der Waals surface area contributed by atoms with Gasteiger partial charge >= 0.3 is 0 Å². The molecule has 1 atom stereocenters. The van der Waals surface area contributed by atoms with Crippen LogP contribution in [0.3, 0.4) is 0 Å². The Labute approximate surface area is 140 Å². The minimum Gasteiger partial charge on any atom is -0.461 e. The lowest BCUT2D eigenvalue weighted by Crippen LogP contribution is -2.45. The average molecular weight is 330 g/mol. The van der Waals surface area contributed by atoms with Gasteiger partial charge < -0.3 is 19.4 Å². The number of nitrogens with zero attached hydrogens (tertiary/aromatic N) is 1. The van der Waals surface area contributed by atoms with Gasteiger partial charge in [-0.3, -0.25) is 9.59 Å². The Morgan fingerprint density at radius 1 is 1.42 bits per heavy atom. The number of amides is 2. The molecule has 2 amide bonds. The van der Waals surface area contributed by atoms with Crippen molar-refractivity contribution in [3.8, 4) is 0 Å². The van der Waals surface area contributed by atoms with Crippen LogP contribution >= 0.6 is 0 Å². The first kappa shape index (κ1) is 16.5. The van der Waals surface area contributed by atoms with Crippen LogP contribution in [-0.4, -0.2) is 43.5 Å². The molecule has 0 saturated carbocycles. The summed E-state index contributed by atoms with van der Waals surface area (Å²) >= 11 is 0. The van der Waals surface area contributed by atoms with E-state index in [4.69, 9.17) is 9.15 Å². The SMILES string of the molecule is COCCN1CC(C(=O)Nc2ccc3oc(C)cc3c2)CCC1=O. The van der Waals surface area contributed by atoms with Crippen molar-refractivity contribution in [2.75, 3.05) is 32.1 Å². The second-order valence-corrected chi connectivity index (χ2v) is 6.17. The van der Waals surface area contributed by atoms with Crippen molar-refractivity contribution in [1.29, 1.82) is 0 Å². The number of carbonyl (C=O) groups excluding carboxylic acids is 2. The van der Waals surface area contributed by atoms with E-state index in [1.807, 2.05) is 31.2 Å². The molecule has 1 aromatic heterocycles. The molecule has 1 aliphatic heterocycles. The lowest BCUT2D eigenvalue weighted by atomic mass is 9.96. The number of carbonyl (C=O) groups is 2. The van der Waals surface area contributed by atoms with Crippen molar-refractivity contribution >= 4 is 28.5 Å². The van der Waals surface area contributed by atoms with Gasteiger partial charge in [-0.2, -0.15) is 0 Å². The van der Waals surface area contributed by atoms with E-state index in [1.165, 1.54) is 0 Å². The number of rotatable bonds is 5. The zero-order chi connectivity index (χ0) is 17.1. The Balaban J connectivity index is 1.65. The Hall–Kier alpha value is -2.34. The molecule has 24 heavy (non-hydrogen) atoms. The summed E-state index contributed by atoms with van der Waals surface area (Å²) in [7, 11) is 1.60. The first-order chi connectivity index (χ1) is 11.6. The van der Waals surface area contributed by atoms with Crippen LogP contribution in [0.4, 0.5) is 5.69 Å². The molecule has 1 N–H and O–H groups in total. The van der Waals surface area contributed by atoms with Gasteiger partial charge in [-0.15, -0.1) is 0 Å². The van der Waals surface area contributed by atoms with Gasteiger partial charge in [-0.05, 0) is 37.6 Å². The number of likely N-dealkylation sites (tertiary alicyclic amines) is 1. The molecule has 3 rings (SSSR count). The lowest BCUT2D eigenvalue weighted by molar-refractivity contribution is -0.137. The van der Waals surface area contributed by atoms with Crippen molar-refractivity contribution in [3.63, 3.8) is 0 Å². The number of hydrogen-bond acceptors (Lipinski definition) is 4. The Morgan fingerprint density at radius 2 is 2.25 bits per heavy atom. The molecule has 1 unspecified atom stereocenters. The van der Waals surface area contributed by atoms with Crippen LogP contribution in [-0.2, 0) is 14.3 Å². The number of furan rings is 1. The number of ether oxygens (including phenoxy) is 1. The summed E-state index contributed by atoms with van der Waals surface area (Å²) in [5, 5.41) is 3.92. The van der Waals surface area contributed by atoms with E-state index in [1.54, 1.807) is 12.0 Å². The zero-order valence-corrected chi connectivity index (χ0v) is 14.0. The number of methoxy groups -OCH3 is 1. The largest absolute Gasteiger partial charge is 0.461 e. The van der Waals surface area contributed by atoms with Gasteiger partial charge in [0.2, 0.25) is 11.8 Å². The van der Waals surface area contributed by atoms with Crippen LogP contribution < -0.4 is 5.32 Å². The molecule has 6 nitrogen and oxygen atoms in total. The highest BCUT2D eigenvalue weighted by Crippen LogP contribution is 2.24. The molecule has 0 bridgehead atoms. The van der Waals surface area contributed by atoms with Crippen LogP contribution in [0, 0.1) is 12.8 Å². The number of hydrogen-bond donors (Lipinski definition) is 1. The van der Waals surface area contributed by atoms with E-state index in [0.717, 1.165) is 22.4 Å². The van der Waals surface area contributed by atoms with Crippen LogP contribution in [0.25, 0.3) is 11.0 Å². The molecule has 1 aliphatic rings. The molecule has 1 saturated heterocycles. The molecule has 128 valence electrons. The summed E-state index contributed by atoms with van der Waals surface area (Å²) in [5.41, 5.74) is 1.55. The summed E-state index contributed by atoms with van der Waals surface area (Å²) in [6.07, 6.45) is 0.989. The zero-order valence-electron chi connectivity index (χ0n) is 14.0. The molecule has 1 aromatic carbocycles. The summed E-state index contributed by atoms with van der Waals surface area (Å²) in [5.74, 6) is 0.685. The Kier molecular flexibility index (Phi) is 4.85. The molecular weight excluding hydrogens is 308 g/mol. The number of nitrogens with one attached hydrogen (secondary N) is 1. The van der Waals surface area contributed by atoms with Crippen molar-refractivity contribution in [2.24, 2.45) is 5.92 Å². The Bertz CT molecular complexity index is 753. The van der Waals surface area contributed by atoms with E-state index in [2.05, 4.69) is 5.32 Å². The highest BCUT2D eigenvalue weighted by molar-refractivity contribution is 5.96. The van der Waals surface area contributed by atoms with E-state index in [9.17, 15) is 9.59 Å². The topological polar surface area (TPSA) is 71.8 Å². The van der Waals surface area contributed by atoms with E-state index in [0.29, 0.717) is 32.5 Å². The van der Waals surface area contributed by atoms with Crippen molar-refractivity contribution in [3.05, 3.63) is 30.0 Å². The summed E-state index contributed by atoms with van der Waals surface area (Å²) in [4.78, 5) is 26.1. The average Bonchev–Trinajstić information content (AvgIpc) is 2.93. The summed E-state index contributed by atoms with van der Waals surface area (Å²) in [6.45, 7) is 3.35. The third kappa shape index (κ3) is 3.59. The van der Waals surface area contributed by atoms with Crippen molar-refractivity contribution in [1.82, 2.24) is 4.90 Å². The molecular formula is C18H22N2O4. The van der Waals surface area contributed by atoms with Crippen LogP contribution in [0.1, 0.15) is 18.6 Å². The fourth-order valence-corrected chi connectivity index (χ4v) is 3.04. The number of fused-ring (bicyclic) bond motifs is 1. The molecule has 1 fully saturated rings. The Morgan fingerprint density at radius 3 is 3.04 bits per heavy atom. The predicted octanol–water partition coefficient (Wildman–Crippen LogP) is 2.56. The lowest BCUT2D eigenvalue weighted by Gasteiger charge is -2.31. The van der Waals surface area contributed by atoms with Crippen LogP contribution in [0.5, 0.6) is 0 Å². The summed E-state index contributed by atoms with van der Waals surface area (Å²) < 4.78 is 10.6. The molecule has 0 spiro atoms. The monoisotopic (exact) mass is 330 g/mol. The molecule has 2 aromatic rings. The van der Waals surface area contributed by atoms with Crippen molar-refractivity contribution in [2.45, 2.75) is 19.8 Å². The second kappa shape index (κ2) is 7.05. The highest BCUT2D eigenvalue weighted by Gasteiger charge is 2.30. The minimum atomic E-state index is -0.193. The number of aryl methyl sites for hydroxylation is 1. The normalized spacial score (nSPS) is 18.2. The molecule has 0 aliphatic carbocycles. The molecule has 6 heteroatoms. The molecule has 2 heterocycles. The van der Waals surface area contributed by atoms with Crippen LogP contribution in [0.15, 0.2) is 28.7 Å². The van der Waals surface area contributed by atoms with Gasteiger partial charge in [0.25, 0.3) is 0 Å². The van der Waals surface area contributed by atoms with Gasteiger partial charge in [0.05, 0.1) is 12.5 Å². The minimum absolute atomic E-state index is 0.0514. The van der Waals surface area contributed by atoms with Gasteiger partial charge in [0.1, 0.15) is 11.3 Å². The highest BCUT2D eigenvalue weighted by atomic mass is 16.5. The fraction of sp³-hybridized carbons (Fsp3) is 0.444. The number of piperidine rings is 1. The molecule has 0 radical (unpaired) electrons. The standard InChI is InChI=1S/C18H22N2O4/c1-12-9-14-10-15(4-5-16(14)24-12)19-18(22)13-3-6-17(21)20(11-13)7-8-23-2/h4-5,9-10,13H,3,6-8,11H2,1-2H3,(H,19,22). The number of benzene rings is 1. The first-order valence-electron chi connectivity index (χ1n) is 8.14. The van der Waals surface area contributed by atoms with E-state index >= 15 is 0 Å². The second-order valence-electron chi connectivity index (χ2n) is 6.17. The summed E-state index contributed by atoms with van der Waals surface area (Å²) in [6, 6.07) is 7.53. The quantitative estimate of drug-likeness (QED) is 0.914. The third-order valence-corrected chi connectivity index (χ3v) is 4.34. The maximum Gasteiger partial charge on any atom is 0.229 e. The first-order valence-corrected chi connectivity index (χ1v) is 8.14. The van der Waals surface area contributed by atoms with E-state index in [-0.39, 0.29) is 17.7 Å².